The third-order valence-corrected chi connectivity index (χ3v) is 6.82. The van der Waals surface area contributed by atoms with Crippen molar-refractivity contribution in [3.8, 4) is 11.3 Å². The average Bonchev–Trinajstić information content (AvgIpc) is 3.19. The van der Waals surface area contributed by atoms with Crippen molar-refractivity contribution >= 4 is 56.5 Å². The van der Waals surface area contributed by atoms with Gasteiger partial charge in [-0.3, -0.25) is 4.79 Å². The minimum absolute atomic E-state index is 0.139. The number of aliphatic hydroxyl groups excluding tert-OH is 1. The first-order chi connectivity index (χ1) is 18.3. The molecule has 0 fully saturated rings. The number of amides is 3. The molecular weight excluding hydrogens is 528 g/mol. The van der Waals surface area contributed by atoms with Crippen molar-refractivity contribution < 1.29 is 23.5 Å². The Morgan fingerprint density at radius 3 is 2.31 bits per heavy atom. The number of carbonyl (C=O) groups is 2. The van der Waals surface area contributed by atoms with Gasteiger partial charge in [0.15, 0.2) is 0 Å². The molecule has 39 heavy (non-hydrogen) atoms. The Bertz CT molecular complexity index is 1550. The predicted molar refractivity (Wildman–Crippen MR) is 149 cm³/mol. The van der Waals surface area contributed by atoms with Crippen LogP contribution in [0.1, 0.15) is 36.0 Å². The second-order valence-electron chi connectivity index (χ2n) is 9.58. The first-order valence-electron chi connectivity index (χ1n) is 11.7. The zero-order chi connectivity index (χ0) is 28.5. The molecule has 0 atom stereocenters. The van der Waals surface area contributed by atoms with E-state index in [2.05, 4.69) is 25.9 Å². The van der Waals surface area contributed by atoms with Crippen LogP contribution >= 0.6 is 11.3 Å². The molecule has 0 bridgehead atoms. The monoisotopic (exact) mass is 555 g/mol. The molecule has 0 unspecified atom stereocenters. The number of hydrogen-bond acceptors (Lipinski definition) is 8. The number of nitrogens with one attached hydrogen (secondary N) is 3. The number of nitrogens with zero attached hydrogens (tertiary/aromatic N) is 2. The van der Waals surface area contributed by atoms with Crippen molar-refractivity contribution in [1.29, 1.82) is 0 Å². The van der Waals surface area contributed by atoms with Crippen LogP contribution in [-0.2, 0) is 5.92 Å². The molecule has 3 amide bonds. The highest BCUT2D eigenvalue weighted by molar-refractivity contribution is 7.21. The van der Waals surface area contributed by atoms with Gasteiger partial charge in [-0.15, -0.1) is 11.3 Å². The number of alkyl halides is 2. The molecule has 0 aliphatic carbocycles. The maximum Gasteiger partial charge on any atom is 0.323 e. The zero-order valence-electron chi connectivity index (χ0n) is 21.3. The lowest BCUT2D eigenvalue weighted by Gasteiger charge is -2.23. The summed E-state index contributed by atoms with van der Waals surface area (Å²) in [5.41, 5.74) is 12.7. The Morgan fingerprint density at radius 1 is 1.03 bits per heavy atom. The highest BCUT2D eigenvalue weighted by atomic mass is 32.1. The van der Waals surface area contributed by atoms with E-state index in [-0.39, 0.29) is 28.7 Å². The minimum Gasteiger partial charge on any atom is -0.397 e. The molecular formula is C26H27F2N7O3S. The number of hydrogen-bond donors (Lipinski definition) is 6. The van der Waals surface area contributed by atoms with E-state index in [0.29, 0.717) is 32.8 Å². The van der Waals surface area contributed by atoms with Gasteiger partial charge in [-0.05, 0) is 38.1 Å². The Balaban J connectivity index is 1.66. The third-order valence-electron chi connectivity index (χ3n) is 5.70. The lowest BCUT2D eigenvalue weighted by molar-refractivity contribution is 0.0175. The number of aliphatic hydroxyl groups is 1. The standard InChI is InChI=1S/C26H27F2N7O3S/c1-25(2,12-36)35-23-33-19(17-18(29)20(21(30)37)39-22(17)34-23)13-5-4-6-16(11-13)32-24(38)31-15-9-7-14(8-10-15)26(3,27)28/h4-11,36H,12,29H2,1-3H3,(H2,30,37)(H2,31,32,38)(H,33,34,35). The molecule has 10 nitrogen and oxygen atoms in total. The molecule has 0 spiro atoms. The van der Waals surface area contributed by atoms with Crippen LogP contribution < -0.4 is 27.4 Å². The number of rotatable bonds is 8. The Morgan fingerprint density at radius 2 is 1.69 bits per heavy atom. The summed E-state index contributed by atoms with van der Waals surface area (Å²) in [6, 6.07) is 11.4. The number of thiophene rings is 1. The van der Waals surface area contributed by atoms with Crippen LogP contribution in [0, 0.1) is 0 Å². The van der Waals surface area contributed by atoms with E-state index in [0.717, 1.165) is 18.3 Å². The maximum atomic E-state index is 13.4. The van der Waals surface area contributed by atoms with Gasteiger partial charge in [-0.1, -0.05) is 24.3 Å². The van der Waals surface area contributed by atoms with E-state index in [9.17, 15) is 23.5 Å². The molecule has 4 rings (SSSR count). The van der Waals surface area contributed by atoms with E-state index in [4.69, 9.17) is 11.5 Å². The van der Waals surface area contributed by atoms with Gasteiger partial charge in [-0.25, -0.2) is 23.5 Å². The SMILES string of the molecule is CC(C)(CO)Nc1nc(-c2cccc(NC(=O)Nc3ccc(C(C)(F)F)cc3)c2)c2c(N)c(C(N)=O)sc2n1. The summed E-state index contributed by atoms with van der Waals surface area (Å²) >= 11 is 1.03. The van der Waals surface area contributed by atoms with Crippen LogP contribution in [0.2, 0.25) is 0 Å². The van der Waals surface area contributed by atoms with E-state index >= 15 is 0 Å². The quantitative estimate of drug-likeness (QED) is 0.178. The van der Waals surface area contributed by atoms with Gasteiger partial charge in [0.1, 0.15) is 9.71 Å². The van der Waals surface area contributed by atoms with Crippen LogP contribution in [0.15, 0.2) is 48.5 Å². The number of urea groups is 1. The van der Waals surface area contributed by atoms with Gasteiger partial charge < -0.3 is 32.5 Å². The summed E-state index contributed by atoms with van der Waals surface area (Å²) in [5.74, 6) is -3.48. The van der Waals surface area contributed by atoms with Crippen LogP contribution in [-0.4, -0.2) is 39.2 Å². The lowest BCUT2D eigenvalue weighted by Crippen LogP contribution is -2.35. The largest absolute Gasteiger partial charge is 0.397 e. The van der Waals surface area contributed by atoms with Crippen molar-refractivity contribution in [1.82, 2.24) is 9.97 Å². The second-order valence-corrected chi connectivity index (χ2v) is 10.6. The molecule has 204 valence electrons. The lowest BCUT2D eigenvalue weighted by atomic mass is 10.1. The molecule has 2 heterocycles. The molecule has 0 aliphatic heterocycles. The average molecular weight is 556 g/mol. The van der Waals surface area contributed by atoms with Gasteiger partial charge in [0.2, 0.25) is 5.95 Å². The topological polar surface area (TPSA) is 168 Å². The highest BCUT2D eigenvalue weighted by Crippen LogP contribution is 2.39. The number of anilines is 4. The van der Waals surface area contributed by atoms with E-state index < -0.39 is 23.4 Å². The summed E-state index contributed by atoms with van der Waals surface area (Å²) in [6.07, 6.45) is 0. The van der Waals surface area contributed by atoms with E-state index in [1.807, 2.05) is 0 Å². The van der Waals surface area contributed by atoms with Gasteiger partial charge >= 0.3 is 6.03 Å². The molecule has 4 aromatic rings. The van der Waals surface area contributed by atoms with E-state index in [1.165, 1.54) is 24.3 Å². The number of halogens is 2. The molecule has 8 N–H and O–H groups in total. The number of nitrogens with two attached hydrogens (primary N) is 2. The van der Waals surface area contributed by atoms with Crippen molar-refractivity contribution in [3.63, 3.8) is 0 Å². The van der Waals surface area contributed by atoms with Crippen LogP contribution in [0.5, 0.6) is 0 Å². The fourth-order valence-electron chi connectivity index (χ4n) is 3.70. The molecule has 2 aromatic heterocycles. The Labute approximate surface area is 226 Å². The van der Waals surface area contributed by atoms with Gasteiger partial charge in [0, 0.05) is 29.4 Å². The molecule has 0 saturated carbocycles. The number of nitrogen functional groups attached to an aromatic ring is 1. The van der Waals surface area contributed by atoms with E-state index in [1.54, 1.807) is 38.1 Å². The zero-order valence-corrected chi connectivity index (χ0v) is 22.1. The second kappa shape index (κ2) is 10.4. The molecule has 13 heteroatoms. The molecule has 0 aliphatic rings. The first-order valence-corrected chi connectivity index (χ1v) is 12.5. The molecule has 2 aromatic carbocycles. The fourth-order valence-corrected chi connectivity index (χ4v) is 4.64. The predicted octanol–water partition coefficient (Wildman–Crippen LogP) is 4.98. The van der Waals surface area contributed by atoms with Gasteiger partial charge in [0.25, 0.3) is 11.8 Å². The number of carbonyl (C=O) groups excluding carboxylic acids is 2. The van der Waals surface area contributed by atoms with Crippen molar-refractivity contribution in [2.45, 2.75) is 32.2 Å². The maximum absolute atomic E-state index is 13.4. The third kappa shape index (κ3) is 6.21. The Kier molecular flexibility index (Phi) is 7.39. The van der Waals surface area contributed by atoms with Crippen molar-refractivity contribution in [3.05, 3.63) is 59.0 Å². The van der Waals surface area contributed by atoms with Crippen LogP contribution in [0.25, 0.3) is 21.5 Å². The number of aromatic nitrogens is 2. The fraction of sp³-hybridized carbons (Fsp3) is 0.231. The number of fused-ring (bicyclic) bond motifs is 1. The summed E-state index contributed by atoms with van der Waals surface area (Å²) in [5, 5.41) is 18.5. The van der Waals surface area contributed by atoms with Crippen molar-refractivity contribution in [2.24, 2.45) is 5.73 Å². The minimum atomic E-state index is -2.99. The summed E-state index contributed by atoms with van der Waals surface area (Å²) in [7, 11) is 0. The molecule has 0 saturated heterocycles. The first kappa shape index (κ1) is 27.7. The smallest absolute Gasteiger partial charge is 0.323 e. The highest BCUT2D eigenvalue weighted by Gasteiger charge is 2.25. The summed E-state index contributed by atoms with van der Waals surface area (Å²) in [6.45, 7) is 4.14. The van der Waals surface area contributed by atoms with Crippen molar-refractivity contribution in [2.75, 3.05) is 28.3 Å². The van der Waals surface area contributed by atoms with Crippen LogP contribution in [0.4, 0.5) is 36.6 Å². The summed E-state index contributed by atoms with van der Waals surface area (Å²) in [4.78, 5) is 34.2. The van der Waals surface area contributed by atoms with Gasteiger partial charge in [0.05, 0.1) is 28.9 Å². The number of benzene rings is 2. The molecule has 0 radical (unpaired) electrons. The Hall–Kier alpha value is -4.36. The van der Waals surface area contributed by atoms with Gasteiger partial charge in [-0.2, -0.15) is 0 Å². The summed E-state index contributed by atoms with van der Waals surface area (Å²) < 4.78 is 26.9. The van der Waals surface area contributed by atoms with Crippen LogP contribution in [0.3, 0.4) is 0 Å². The normalized spacial score (nSPS) is 11.8. The number of primary amides is 1.